The van der Waals surface area contributed by atoms with E-state index in [0.717, 1.165) is 41.9 Å². The summed E-state index contributed by atoms with van der Waals surface area (Å²) in [6.07, 6.45) is 3.95. The van der Waals surface area contributed by atoms with E-state index >= 15 is 0 Å². The van der Waals surface area contributed by atoms with Crippen molar-refractivity contribution >= 4 is 34.2 Å². The maximum Gasteiger partial charge on any atom is 0.244 e. The van der Waals surface area contributed by atoms with Crippen molar-refractivity contribution in [2.24, 2.45) is 0 Å². The molecule has 3 rings (SSSR count). The SMILES string of the molecule is O=C1C2CCCN2CCN1c1ccc(I)nc1. The number of aromatic nitrogens is 1. The highest BCUT2D eigenvalue weighted by Crippen LogP contribution is 2.26. The highest BCUT2D eigenvalue weighted by Gasteiger charge is 2.38. The van der Waals surface area contributed by atoms with Gasteiger partial charge >= 0.3 is 0 Å². The molecule has 1 aromatic heterocycles. The van der Waals surface area contributed by atoms with E-state index < -0.39 is 0 Å². The van der Waals surface area contributed by atoms with Crippen LogP contribution in [0.3, 0.4) is 0 Å². The molecule has 0 aromatic carbocycles. The number of hydrogen-bond acceptors (Lipinski definition) is 3. The standard InChI is InChI=1S/C12H14IN3O/c13-11-4-3-9(8-14-11)16-7-6-15-5-1-2-10(15)12(16)17/h3-4,8,10H,1-2,5-7H2. The van der Waals surface area contributed by atoms with Crippen molar-refractivity contribution in [2.45, 2.75) is 18.9 Å². The molecular weight excluding hydrogens is 329 g/mol. The quantitative estimate of drug-likeness (QED) is 0.573. The molecule has 2 fully saturated rings. The maximum absolute atomic E-state index is 12.3. The van der Waals surface area contributed by atoms with Crippen molar-refractivity contribution < 1.29 is 4.79 Å². The van der Waals surface area contributed by atoms with Crippen LogP contribution in [0.15, 0.2) is 18.3 Å². The second-order valence-corrected chi connectivity index (χ2v) is 5.63. The topological polar surface area (TPSA) is 36.4 Å². The second-order valence-electron chi connectivity index (χ2n) is 4.52. The predicted octanol–water partition coefficient (Wildman–Crippen LogP) is 1.50. The minimum Gasteiger partial charge on any atom is -0.308 e. The average Bonchev–Trinajstić information content (AvgIpc) is 2.80. The van der Waals surface area contributed by atoms with Gasteiger partial charge in [0.05, 0.1) is 17.9 Å². The first-order valence-corrected chi connectivity index (χ1v) is 7.00. The Morgan fingerprint density at radius 1 is 1.29 bits per heavy atom. The molecule has 17 heavy (non-hydrogen) atoms. The van der Waals surface area contributed by atoms with E-state index in [0.29, 0.717) is 0 Å². The van der Waals surface area contributed by atoms with Crippen LogP contribution in [-0.2, 0) is 4.79 Å². The summed E-state index contributed by atoms with van der Waals surface area (Å²) in [7, 11) is 0. The fourth-order valence-corrected chi connectivity index (χ4v) is 3.00. The molecule has 90 valence electrons. The number of piperazine rings is 1. The fraction of sp³-hybridized carbons (Fsp3) is 0.500. The zero-order valence-corrected chi connectivity index (χ0v) is 11.6. The van der Waals surface area contributed by atoms with E-state index in [1.54, 1.807) is 6.20 Å². The number of rotatable bonds is 1. The Labute approximate surface area is 114 Å². The molecule has 0 radical (unpaired) electrons. The molecule has 0 N–H and O–H groups in total. The minimum atomic E-state index is 0.114. The molecule has 4 nitrogen and oxygen atoms in total. The van der Waals surface area contributed by atoms with Gasteiger partial charge in [0, 0.05) is 13.1 Å². The number of anilines is 1. The Hall–Kier alpha value is -0.690. The van der Waals surface area contributed by atoms with Crippen molar-refractivity contribution in [3.05, 3.63) is 22.0 Å². The molecule has 0 saturated carbocycles. The van der Waals surface area contributed by atoms with Crippen LogP contribution in [0.5, 0.6) is 0 Å². The summed E-state index contributed by atoms with van der Waals surface area (Å²) in [6, 6.07) is 4.05. The fourth-order valence-electron chi connectivity index (χ4n) is 2.68. The summed E-state index contributed by atoms with van der Waals surface area (Å²) in [6.45, 7) is 2.86. The van der Waals surface area contributed by atoms with Crippen molar-refractivity contribution in [3.63, 3.8) is 0 Å². The Balaban J connectivity index is 1.84. The monoisotopic (exact) mass is 343 g/mol. The maximum atomic E-state index is 12.3. The third kappa shape index (κ3) is 2.06. The normalized spacial score (nSPS) is 25.1. The van der Waals surface area contributed by atoms with Crippen LogP contribution in [0, 0.1) is 3.70 Å². The third-order valence-electron chi connectivity index (χ3n) is 3.55. The molecule has 1 unspecified atom stereocenters. The number of pyridine rings is 1. The average molecular weight is 343 g/mol. The van der Waals surface area contributed by atoms with E-state index in [9.17, 15) is 4.79 Å². The van der Waals surface area contributed by atoms with Gasteiger partial charge in [-0.25, -0.2) is 4.98 Å². The summed E-state index contributed by atoms with van der Waals surface area (Å²) in [4.78, 5) is 20.8. The summed E-state index contributed by atoms with van der Waals surface area (Å²) in [5.41, 5.74) is 0.932. The van der Waals surface area contributed by atoms with Gasteiger partial charge in [-0.15, -0.1) is 0 Å². The highest BCUT2D eigenvalue weighted by molar-refractivity contribution is 14.1. The predicted molar refractivity (Wildman–Crippen MR) is 73.9 cm³/mol. The van der Waals surface area contributed by atoms with Gasteiger partial charge in [-0.3, -0.25) is 9.69 Å². The summed E-state index contributed by atoms with van der Waals surface area (Å²) in [5, 5.41) is 0. The lowest BCUT2D eigenvalue weighted by atomic mass is 10.1. The van der Waals surface area contributed by atoms with Crippen LogP contribution in [0.25, 0.3) is 0 Å². The van der Waals surface area contributed by atoms with Crippen molar-refractivity contribution in [2.75, 3.05) is 24.5 Å². The van der Waals surface area contributed by atoms with Gasteiger partial charge in [-0.05, 0) is 54.1 Å². The number of amides is 1. The minimum absolute atomic E-state index is 0.114. The van der Waals surface area contributed by atoms with E-state index in [4.69, 9.17) is 0 Å². The van der Waals surface area contributed by atoms with Crippen LogP contribution in [0.4, 0.5) is 5.69 Å². The Kier molecular flexibility index (Phi) is 3.04. The molecule has 2 aliphatic rings. The molecule has 1 aromatic rings. The molecule has 3 heterocycles. The number of carbonyl (C=O) groups is 1. The van der Waals surface area contributed by atoms with Crippen molar-refractivity contribution in [1.82, 2.24) is 9.88 Å². The van der Waals surface area contributed by atoms with Gasteiger partial charge in [-0.2, -0.15) is 0 Å². The number of carbonyl (C=O) groups excluding carboxylic acids is 1. The lowest BCUT2D eigenvalue weighted by Crippen LogP contribution is -2.54. The van der Waals surface area contributed by atoms with Crippen molar-refractivity contribution in [3.8, 4) is 0 Å². The molecule has 1 atom stereocenters. The zero-order chi connectivity index (χ0) is 11.8. The van der Waals surface area contributed by atoms with E-state index in [-0.39, 0.29) is 11.9 Å². The molecule has 0 aliphatic carbocycles. The highest BCUT2D eigenvalue weighted by atomic mass is 127. The largest absolute Gasteiger partial charge is 0.308 e. The van der Waals surface area contributed by atoms with Gasteiger partial charge in [0.15, 0.2) is 0 Å². The zero-order valence-electron chi connectivity index (χ0n) is 9.47. The molecular formula is C12H14IN3O. The van der Waals surface area contributed by atoms with Crippen LogP contribution in [0.2, 0.25) is 0 Å². The van der Waals surface area contributed by atoms with Crippen LogP contribution < -0.4 is 4.90 Å². The van der Waals surface area contributed by atoms with Crippen molar-refractivity contribution in [1.29, 1.82) is 0 Å². The van der Waals surface area contributed by atoms with E-state index in [1.807, 2.05) is 17.0 Å². The second kappa shape index (κ2) is 4.53. The molecule has 1 amide bonds. The van der Waals surface area contributed by atoms with E-state index in [1.165, 1.54) is 0 Å². The molecule has 5 heteroatoms. The molecule has 0 bridgehead atoms. The van der Waals surface area contributed by atoms with Crippen LogP contribution in [-0.4, -0.2) is 41.5 Å². The number of nitrogens with zero attached hydrogens (tertiary/aromatic N) is 3. The van der Waals surface area contributed by atoms with Gasteiger partial charge < -0.3 is 4.90 Å². The first-order chi connectivity index (χ1) is 8.25. The third-order valence-corrected chi connectivity index (χ3v) is 4.19. The Morgan fingerprint density at radius 2 is 2.18 bits per heavy atom. The lowest BCUT2D eigenvalue weighted by molar-refractivity contribution is -0.124. The van der Waals surface area contributed by atoms with Gasteiger partial charge in [0.25, 0.3) is 0 Å². The van der Waals surface area contributed by atoms with Gasteiger partial charge in [0.2, 0.25) is 5.91 Å². The smallest absolute Gasteiger partial charge is 0.244 e. The number of hydrogen-bond donors (Lipinski definition) is 0. The molecule has 0 spiro atoms. The lowest BCUT2D eigenvalue weighted by Gasteiger charge is -2.36. The first kappa shape index (κ1) is 11.4. The number of halogens is 1. The van der Waals surface area contributed by atoms with Crippen LogP contribution >= 0.6 is 22.6 Å². The van der Waals surface area contributed by atoms with Crippen LogP contribution in [0.1, 0.15) is 12.8 Å². The summed E-state index contributed by atoms with van der Waals surface area (Å²) < 4.78 is 0.957. The Bertz CT molecular complexity index is 434. The van der Waals surface area contributed by atoms with E-state index in [2.05, 4.69) is 32.5 Å². The first-order valence-electron chi connectivity index (χ1n) is 5.93. The Morgan fingerprint density at radius 3 is 2.94 bits per heavy atom. The summed E-state index contributed by atoms with van der Waals surface area (Å²) >= 11 is 2.17. The molecule has 2 saturated heterocycles. The molecule has 2 aliphatic heterocycles. The van der Waals surface area contributed by atoms with Gasteiger partial charge in [0.1, 0.15) is 3.70 Å². The summed E-state index contributed by atoms with van der Waals surface area (Å²) in [5.74, 6) is 0.247. The number of fused-ring (bicyclic) bond motifs is 1. The van der Waals surface area contributed by atoms with Gasteiger partial charge in [-0.1, -0.05) is 0 Å².